The molecule has 0 atom stereocenters. The molecule has 0 spiro atoms. The van der Waals surface area contributed by atoms with E-state index in [1.807, 2.05) is 64.2 Å². The smallest absolute Gasteiger partial charge is 0.331 e. The van der Waals surface area contributed by atoms with Crippen LogP contribution in [0.25, 0.3) is 6.08 Å². The minimum atomic E-state index is -0.566. The second-order valence-electron chi connectivity index (χ2n) is 5.80. The number of aryl methyl sites for hydroxylation is 1. The number of carbonyl (C=O) groups excluding carboxylic acids is 2. The van der Waals surface area contributed by atoms with Gasteiger partial charge in [-0.1, -0.05) is 29.8 Å². The van der Waals surface area contributed by atoms with Crippen LogP contribution >= 0.6 is 22.7 Å². The Hall–Kier alpha value is -2.77. The van der Waals surface area contributed by atoms with Gasteiger partial charge < -0.3 is 9.30 Å². The maximum absolute atomic E-state index is 12.0. The van der Waals surface area contributed by atoms with E-state index >= 15 is 0 Å². The SMILES string of the molecule is Cc1ccc(Cn2ccsc2=NC(=O)COC(=O)/C=C/c2ccsc2)cc1. The second-order valence-corrected chi connectivity index (χ2v) is 7.46. The fourth-order valence-electron chi connectivity index (χ4n) is 2.25. The van der Waals surface area contributed by atoms with Gasteiger partial charge in [0, 0.05) is 24.2 Å². The van der Waals surface area contributed by atoms with Crippen LogP contribution in [0.15, 0.2) is 63.7 Å². The van der Waals surface area contributed by atoms with Crippen molar-refractivity contribution in [3.63, 3.8) is 0 Å². The van der Waals surface area contributed by atoms with Crippen LogP contribution in [0.3, 0.4) is 0 Å². The van der Waals surface area contributed by atoms with E-state index in [0.717, 1.165) is 11.1 Å². The van der Waals surface area contributed by atoms with Gasteiger partial charge in [0.25, 0.3) is 5.91 Å². The molecule has 2 heterocycles. The normalized spacial score (nSPS) is 11.8. The zero-order chi connectivity index (χ0) is 19.1. The van der Waals surface area contributed by atoms with Gasteiger partial charge in [0.2, 0.25) is 0 Å². The third kappa shape index (κ3) is 5.87. The van der Waals surface area contributed by atoms with Crippen LogP contribution in [-0.2, 0) is 20.9 Å². The minimum Gasteiger partial charge on any atom is -0.452 e. The molecule has 0 N–H and O–H groups in total. The Morgan fingerprint density at radius 3 is 2.74 bits per heavy atom. The van der Waals surface area contributed by atoms with E-state index in [2.05, 4.69) is 4.99 Å². The number of aromatic nitrogens is 1. The highest BCUT2D eigenvalue weighted by Gasteiger charge is 2.05. The number of hydrogen-bond acceptors (Lipinski definition) is 5. The Morgan fingerprint density at radius 1 is 1.19 bits per heavy atom. The van der Waals surface area contributed by atoms with E-state index in [-0.39, 0.29) is 6.61 Å². The summed E-state index contributed by atoms with van der Waals surface area (Å²) in [7, 11) is 0. The van der Waals surface area contributed by atoms with Crippen molar-refractivity contribution in [1.82, 2.24) is 4.57 Å². The molecule has 0 radical (unpaired) electrons. The van der Waals surface area contributed by atoms with Gasteiger partial charge in [-0.3, -0.25) is 4.79 Å². The van der Waals surface area contributed by atoms with Crippen LogP contribution in [0.1, 0.15) is 16.7 Å². The molecule has 3 rings (SSSR count). The number of benzene rings is 1. The molecular weight excluding hydrogens is 380 g/mol. The van der Waals surface area contributed by atoms with E-state index in [0.29, 0.717) is 11.3 Å². The Labute approximate surface area is 164 Å². The summed E-state index contributed by atoms with van der Waals surface area (Å²) < 4.78 is 6.85. The molecule has 3 aromatic rings. The summed E-state index contributed by atoms with van der Waals surface area (Å²) in [5.41, 5.74) is 3.24. The van der Waals surface area contributed by atoms with Crippen molar-refractivity contribution in [3.05, 3.63) is 80.2 Å². The van der Waals surface area contributed by atoms with Gasteiger partial charge in [-0.25, -0.2) is 4.79 Å². The number of thiazole rings is 1. The average molecular weight is 399 g/mol. The average Bonchev–Trinajstić information content (AvgIpc) is 3.32. The summed E-state index contributed by atoms with van der Waals surface area (Å²) in [4.78, 5) is 28.3. The number of ether oxygens (including phenoxy) is 1. The van der Waals surface area contributed by atoms with Crippen LogP contribution in [0.4, 0.5) is 0 Å². The van der Waals surface area contributed by atoms with E-state index in [1.165, 1.54) is 23.0 Å². The summed E-state index contributed by atoms with van der Waals surface area (Å²) in [6, 6.07) is 10.1. The standard InChI is InChI=1S/C20H18N2O3S2/c1-15-2-4-16(5-3-15)12-22-9-11-27-20(22)21-18(23)13-25-19(24)7-6-17-8-10-26-14-17/h2-11,14H,12-13H2,1H3/b7-6+,21-20?. The van der Waals surface area contributed by atoms with Crippen LogP contribution < -0.4 is 4.80 Å². The summed E-state index contributed by atoms with van der Waals surface area (Å²) in [5, 5.41) is 5.70. The molecule has 138 valence electrons. The molecule has 27 heavy (non-hydrogen) atoms. The number of amides is 1. The molecule has 2 aromatic heterocycles. The Morgan fingerprint density at radius 2 is 2.00 bits per heavy atom. The molecule has 0 aliphatic carbocycles. The number of rotatable bonds is 6. The predicted octanol–water partition coefficient (Wildman–Crippen LogP) is 3.65. The molecule has 5 nitrogen and oxygen atoms in total. The number of esters is 1. The van der Waals surface area contributed by atoms with Gasteiger partial charge in [0.1, 0.15) is 0 Å². The van der Waals surface area contributed by atoms with Crippen LogP contribution in [0, 0.1) is 6.92 Å². The molecule has 0 fully saturated rings. The maximum Gasteiger partial charge on any atom is 0.331 e. The first-order valence-electron chi connectivity index (χ1n) is 8.24. The van der Waals surface area contributed by atoms with Gasteiger partial charge in [-0.15, -0.1) is 11.3 Å². The van der Waals surface area contributed by atoms with Gasteiger partial charge in [0.15, 0.2) is 11.4 Å². The highest BCUT2D eigenvalue weighted by atomic mass is 32.1. The van der Waals surface area contributed by atoms with E-state index in [9.17, 15) is 9.59 Å². The van der Waals surface area contributed by atoms with Crippen LogP contribution in [-0.4, -0.2) is 23.1 Å². The van der Waals surface area contributed by atoms with E-state index in [4.69, 9.17) is 4.74 Å². The largest absolute Gasteiger partial charge is 0.452 e. The van der Waals surface area contributed by atoms with Crippen molar-refractivity contribution in [1.29, 1.82) is 0 Å². The zero-order valence-electron chi connectivity index (χ0n) is 14.7. The molecule has 7 heteroatoms. The predicted molar refractivity (Wildman–Crippen MR) is 107 cm³/mol. The lowest BCUT2D eigenvalue weighted by Gasteiger charge is -2.04. The summed E-state index contributed by atoms with van der Waals surface area (Å²) in [6.45, 7) is 2.28. The second kappa shape index (κ2) is 9.25. The first kappa shape index (κ1) is 19.0. The summed E-state index contributed by atoms with van der Waals surface area (Å²) in [6.07, 6.45) is 4.83. The Bertz CT molecular complexity index is 997. The Kier molecular flexibility index (Phi) is 6.51. The van der Waals surface area contributed by atoms with Gasteiger partial charge in [-0.05, 0) is 41.0 Å². The summed E-state index contributed by atoms with van der Waals surface area (Å²) in [5.74, 6) is -1.06. The van der Waals surface area contributed by atoms with Crippen LogP contribution in [0.5, 0.6) is 0 Å². The molecule has 0 unspecified atom stereocenters. The van der Waals surface area contributed by atoms with Crippen molar-refractivity contribution in [2.45, 2.75) is 13.5 Å². The van der Waals surface area contributed by atoms with Crippen molar-refractivity contribution < 1.29 is 14.3 Å². The van der Waals surface area contributed by atoms with Gasteiger partial charge in [0.05, 0.1) is 0 Å². The first-order chi connectivity index (χ1) is 13.1. The van der Waals surface area contributed by atoms with Crippen LogP contribution in [0.2, 0.25) is 0 Å². The van der Waals surface area contributed by atoms with Crippen molar-refractivity contribution in [3.8, 4) is 0 Å². The third-order valence-electron chi connectivity index (χ3n) is 3.65. The van der Waals surface area contributed by atoms with E-state index in [1.54, 1.807) is 17.4 Å². The zero-order valence-corrected chi connectivity index (χ0v) is 16.3. The topological polar surface area (TPSA) is 60.7 Å². The number of thiophene rings is 1. The highest BCUT2D eigenvalue weighted by Crippen LogP contribution is 2.08. The van der Waals surface area contributed by atoms with Gasteiger partial charge >= 0.3 is 5.97 Å². The maximum atomic E-state index is 12.0. The van der Waals surface area contributed by atoms with Crippen molar-refractivity contribution >= 4 is 40.6 Å². The molecule has 0 saturated heterocycles. The molecule has 1 aromatic carbocycles. The first-order valence-corrected chi connectivity index (χ1v) is 10.1. The minimum absolute atomic E-state index is 0.380. The lowest BCUT2D eigenvalue weighted by molar-refractivity contribution is -0.142. The number of hydrogen-bond donors (Lipinski definition) is 0. The molecule has 0 aliphatic heterocycles. The number of carbonyl (C=O) groups is 2. The summed E-state index contributed by atoms with van der Waals surface area (Å²) >= 11 is 2.91. The van der Waals surface area contributed by atoms with Crippen molar-refractivity contribution in [2.24, 2.45) is 4.99 Å². The fourth-order valence-corrected chi connectivity index (χ4v) is 3.62. The molecule has 0 saturated carbocycles. The highest BCUT2D eigenvalue weighted by molar-refractivity contribution is 7.08. The third-order valence-corrected chi connectivity index (χ3v) is 5.14. The monoisotopic (exact) mass is 398 g/mol. The van der Waals surface area contributed by atoms with Gasteiger partial charge in [-0.2, -0.15) is 16.3 Å². The number of nitrogens with zero attached hydrogens (tertiary/aromatic N) is 2. The molecule has 0 aliphatic rings. The quantitative estimate of drug-likeness (QED) is 0.470. The fraction of sp³-hybridized carbons (Fsp3) is 0.150. The lowest BCUT2D eigenvalue weighted by atomic mass is 10.1. The van der Waals surface area contributed by atoms with Crippen molar-refractivity contribution in [2.75, 3.05) is 6.61 Å². The Balaban J connectivity index is 1.58. The van der Waals surface area contributed by atoms with E-state index < -0.39 is 11.9 Å². The lowest BCUT2D eigenvalue weighted by Crippen LogP contribution is -2.19. The molecule has 0 bridgehead atoms. The molecule has 1 amide bonds. The molecular formula is C20H18N2O3S2.